The lowest BCUT2D eigenvalue weighted by Crippen LogP contribution is -2.13. The number of hydrogen-bond donors (Lipinski definition) is 1. The first kappa shape index (κ1) is 17.1. The largest absolute Gasteiger partial charge is 0.301 e. The van der Waals surface area contributed by atoms with Crippen LogP contribution in [0.1, 0.15) is 0 Å². The lowest BCUT2D eigenvalue weighted by molar-refractivity contribution is -0.113. The number of thiazole rings is 2. The van der Waals surface area contributed by atoms with Crippen molar-refractivity contribution in [3.63, 3.8) is 0 Å². The van der Waals surface area contributed by atoms with Gasteiger partial charge >= 0.3 is 0 Å². The van der Waals surface area contributed by atoms with Gasteiger partial charge in [-0.1, -0.05) is 12.1 Å². The first-order valence-electron chi connectivity index (χ1n) is 7.67. The number of aromatic nitrogens is 2. The van der Waals surface area contributed by atoms with Crippen molar-refractivity contribution in [2.45, 2.75) is 4.90 Å². The summed E-state index contributed by atoms with van der Waals surface area (Å²) in [7, 11) is 0. The van der Waals surface area contributed by atoms with Gasteiger partial charge in [-0.25, -0.2) is 14.4 Å². The molecule has 0 radical (unpaired) electrons. The van der Waals surface area contributed by atoms with Crippen LogP contribution in [0.5, 0.6) is 0 Å². The Morgan fingerprint density at radius 2 is 1.92 bits per heavy atom. The van der Waals surface area contributed by atoms with Gasteiger partial charge in [0.1, 0.15) is 16.5 Å². The quantitative estimate of drug-likeness (QED) is 0.462. The van der Waals surface area contributed by atoms with Gasteiger partial charge in [-0.2, -0.15) is 0 Å². The van der Waals surface area contributed by atoms with Crippen LogP contribution in [0.2, 0.25) is 0 Å². The molecule has 4 aromatic rings. The summed E-state index contributed by atoms with van der Waals surface area (Å²) >= 11 is 4.30. The summed E-state index contributed by atoms with van der Waals surface area (Å²) in [6.45, 7) is 0. The van der Waals surface area contributed by atoms with E-state index in [1.165, 1.54) is 35.2 Å². The summed E-state index contributed by atoms with van der Waals surface area (Å²) in [6, 6.07) is 14.0. The minimum absolute atomic E-state index is 0.149. The Balaban J connectivity index is 1.39. The van der Waals surface area contributed by atoms with Gasteiger partial charge in [0.05, 0.1) is 16.0 Å². The van der Waals surface area contributed by atoms with Crippen molar-refractivity contribution in [1.82, 2.24) is 9.97 Å². The van der Waals surface area contributed by atoms with E-state index in [1.54, 1.807) is 23.5 Å². The van der Waals surface area contributed by atoms with E-state index in [0.29, 0.717) is 5.13 Å². The molecular formula is C18H12FN3OS3. The number of fused-ring (bicyclic) bond motifs is 1. The van der Waals surface area contributed by atoms with Crippen LogP contribution in [0.15, 0.2) is 58.8 Å². The Hall–Kier alpha value is -2.29. The topological polar surface area (TPSA) is 54.9 Å². The molecule has 0 aliphatic heterocycles. The Kier molecular flexibility index (Phi) is 4.96. The Bertz CT molecular complexity index is 1030. The molecule has 0 saturated carbocycles. The normalized spacial score (nSPS) is 11.0. The Morgan fingerprint density at radius 1 is 1.12 bits per heavy atom. The highest BCUT2D eigenvalue weighted by Crippen LogP contribution is 2.32. The molecule has 1 amide bonds. The third kappa shape index (κ3) is 3.92. The van der Waals surface area contributed by atoms with Crippen molar-refractivity contribution in [3.8, 4) is 10.7 Å². The second-order valence-electron chi connectivity index (χ2n) is 5.32. The number of para-hydroxylation sites is 1. The minimum Gasteiger partial charge on any atom is -0.301 e. The number of hydrogen-bond acceptors (Lipinski definition) is 6. The number of benzene rings is 2. The van der Waals surface area contributed by atoms with Gasteiger partial charge in [-0.15, -0.1) is 34.4 Å². The zero-order valence-electron chi connectivity index (χ0n) is 13.3. The molecule has 1 N–H and O–H groups in total. The van der Waals surface area contributed by atoms with Crippen LogP contribution in [-0.4, -0.2) is 21.6 Å². The van der Waals surface area contributed by atoms with Gasteiger partial charge in [0.15, 0.2) is 5.13 Å². The summed E-state index contributed by atoms with van der Waals surface area (Å²) in [4.78, 5) is 22.0. The van der Waals surface area contributed by atoms with Crippen LogP contribution < -0.4 is 5.32 Å². The van der Waals surface area contributed by atoms with Gasteiger partial charge in [0.25, 0.3) is 0 Å². The molecule has 2 heterocycles. The molecule has 26 heavy (non-hydrogen) atoms. The predicted molar refractivity (Wildman–Crippen MR) is 106 cm³/mol. The van der Waals surface area contributed by atoms with Crippen LogP contribution in [-0.2, 0) is 4.79 Å². The molecule has 4 rings (SSSR count). The monoisotopic (exact) mass is 401 g/mol. The number of amides is 1. The summed E-state index contributed by atoms with van der Waals surface area (Å²) < 4.78 is 14.0. The van der Waals surface area contributed by atoms with E-state index in [4.69, 9.17) is 0 Å². The van der Waals surface area contributed by atoms with Crippen LogP contribution in [0.25, 0.3) is 20.9 Å². The highest BCUT2D eigenvalue weighted by Gasteiger charge is 2.12. The van der Waals surface area contributed by atoms with Gasteiger partial charge in [0, 0.05) is 10.3 Å². The smallest absolute Gasteiger partial charge is 0.236 e. The van der Waals surface area contributed by atoms with E-state index in [9.17, 15) is 9.18 Å². The molecule has 0 saturated heterocycles. The number of anilines is 1. The van der Waals surface area contributed by atoms with Crippen LogP contribution >= 0.6 is 34.4 Å². The number of thioether (sulfide) groups is 1. The van der Waals surface area contributed by atoms with Crippen molar-refractivity contribution >= 4 is 55.7 Å². The second-order valence-corrected chi connectivity index (χ2v) is 8.25. The fraction of sp³-hybridized carbons (Fsp3) is 0.0556. The van der Waals surface area contributed by atoms with Gasteiger partial charge < -0.3 is 5.32 Å². The van der Waals surface area contributed by atoms with Gasteiger partial charge in [-0.3, -0.25) is 4.79 Å². The molecule has 4 nitrogen and oxygen atoms in total. The summed E-state index contributed by atoms with van der Waals surface area (Å²) in [5, 5.41) is 6.07. The minimum atomic E-state index is -0.288. The molecule has 2 aromatic heterocycles. The Morgan fingerprint density at radius 3 is 2.73 bits per heavy atom. The van der Waals surface area contributed by atoms with Crippen molar-refractivity contribution in [2.24, 2.45) is 0 Å². The zero-order chi connectivity index (χ0) is 17.9. The maximum absolute atomic E-state index is 12.9. The molecule has 0 atom stereocenters. The van der Waals surface area contributed by atoms with Crippen LogP contribution in [0.3, 0.4) is 0 Å². The Labute approximate surface area is 161 Å². The van der Waals surface area contributed by atoms with Crippen molar-refractivity contribution in [1.29, 1.82) is 0 Å². The van der Waals surface area contributed by atoms with E-state index >= 15 is 0 Å². The number of carbonyl (C=O) groups excluding carboxylic acids is 1. The second kappa shape index (κ2) is 7.53. The van der Waals surface area contributed by atoms with Crippen molar-refractivity contribution < 1.29 is 9.18 Å². The van der Waals surface area contributed by atoms with E-state index in [-0.39, 0.29) is 17.5 Å². The van der Waals surface area contributed by atoms with Crippen molar-refractivity contribution in [2.75, 3.05) is 11.1 Å². The summed E-state index contributed by atoms with van der Waals surface area (Å²) in [5.41, 5.74) is 1.71. The van der Waals surface area contributed by atoms with Crippen molar-refractivity contribution in [3.05, 3.63) is 59.7 Å². The maximum atomic E-state index is 12.9. The molecule has 0 aliphatic carbocycles. The third-order valence-electron chi connectivity index (χ3n) is 3.45. The molecule has 0 fully saturated rings. The summed E-state index contributed by atoms with van der Waals surface area (Å²) in [5.74, 6) is -0.199. The first-order valence-corrected chi connectivity index (χ1v) is 10.4. The third-order valence-corrected chi connectivity index (χ3v) is 6.28. The number of rotatable bonds is 5. The zero-order valence-corrected chi connectivity index (χ0v) is 15.8. The fourth-order valence-electron chi connectivity index (χ4n) is 2.25. The van der Waals surface area contributed by atoms with E-state index in [0.717, 1.165) is 25.8 Å². The molecule has 0 unspecified atom stereocenters. The van der Waals surface area contributed by atoms with E-state index < -0.39 is 0 Å². The lowest BCUT2D eigenvalue weighted by Gasteiger charge is -2.02. The molecule has 0 bridgehead atoms. The van der Waals surface area contributed by atoms with E-state index in [1.807, 2.05) is 29.6 Å². The predicted octanol–water partition coefficient (Wildman–Crippen LogP) is 5.29. The maximum Gasteiger partial charge on any atom is 0.236 e. The average Bonchev–Trinajstić information content (AvgIpc) is 3.27. The highest BCUT2D eigenvalue weighted by molar-refractivity contribution is 8.00. The molecule has 0 aliphatic rings. The molecule has 8 heteroatoms. The van der Waals surface area contributed by atoms with Gasteiger partial charge in [0.2, 0.25) is 5.91 Å². The number of nitrogens with one attached hydrogen (secondary N) is 1. The van der Waals surface area contributed by atoms with E-state index in [2.05, 4.69) is 15.3 Å². The lowest BCUT2D eigenvalue weighted by atomic mass is 10.3. The first-order chi connectivity index (χ1) is 12.7. The highest BCUT2D eigenvalue weighted by atomic mass is 32.2. The van der Waals surface area contributed by atoms with Gasteiger partial charge in [-0.05, 0) is 36.4 Å². The molecule has 2 aromatic carbocycles. The standard InChI is InChI=1S/C18H12FN3OS3/c19-11-5-7-12(8-6-11)24-10-16(23)22-18-21-14(9-25-18)17-20-13-3-1-2-4-15(13)26-17/h1-9H,10H2,(H,21,22,23). The molecular weight excluding hydrogens is 389 g/mol. The SMILES string of the molecule is O=C(CSc1ccc(F)cc1)Nc1nc(-c2nc3ccccc3s2)cs1. The number of nitrogens with zero attached hydrogens (tertiary/aromatic N) is 2. The van der Waals surface area contributed by atoms with Crippen LogP contribution in [0.4, 0.5) is 9.52 Å². The molecule has 130 valence electrons. The number of carbonyl (C=O) groups is 1. The van der Waals surface area contributed by atoms with Crippen LogP contribution in [0, 0.1) is 5.82 Å². The fourth-order valence-corrected chi connectivity index (χ4v) is 4.66. The number of halogens is 1. The summed E-state index contributed by atoms with van der Waals surface area (Å²) in [6.07, 6.45) is 0. The average molecular weight is 402 g/mol. The molecule has 0 spiro atoms.